The molecule has 1 saturated heterocycles. The fourth-order valence-electron chi connectivity index (χ4n) is 2.71. The van der Waals surface area contributed by atoms with Gasteiger partial charge in [-0.1, -0.05) is 6.42 Å². The minimum Gasteiger partial charge on any atom is -0.299 e. The number of rotatable bonds is 5. The second kappa shape index (κ2) is 6.85. The van der Waals surface area contributed by atoms with Crippen LogP contribution in [0.1, 0.15) is 31.7 Å². The van der Waals surface area contributed by atoms with Crippen LogP contribution in [0.2, 0.25) is 0 Å². The summed E-state index contributed by atoms with van der Waals surface area (Å²) in [7, 11) is -3.58. The van der Waals surface area contributed by atoms with E-state index in [1.807, 2.05) is 6.92 Å². The largest absolute Gasteiger partial charge is 0.299 e. The summed E-state index contributed by atoms with van der Waals surface area (Å²) in [6.07, 6.45) is 3.60. The molecule has 0 spiro atoms. The molecule has 0 radical (unpaired) electrons. The van der Waals surface area contributed by atoms with Gasteiger partial charge in [0.25, 0.3) is 0 Å². The van der Waals surface area contributed by atoms with Crippen LogP contribution < -0.4 is 4.72 Å². The molecule has 0 amide bonds. The third-order valence-electron chi connectivity index (χ3n) is 4.01. The highest BCUT2D eigenvalue weighted by molar-refractivity contribution is 7.89. The summed E-state index contributed by atoms with van der Waals surface area (Å²) in [5, 5.41) is 0. The van der Waals surface area contributed by atoms with Crippen LogP contribution in [0.15, 0.2) is 23.1 Å². The van der Waals surface area contributed by atoms with Crippen LogP contribution in [0.5, 0.6) is 0 Å². The van der Waals surface area contributed by atoms with E-state index in [1.54, 1.807) is 6.92 Å². The van der Waals surface area contributed by atoms with E-state index in [-0.39, 0.29) is 10.9 Å². The van der Waals surface area contributed by atoms with Crippen molar-refractivity contribution in [1.82, 2.24) is 9.62 Å². The van der Waals surface area contributed by atoms with Crippen molar-refractivity contribution in [3.05, 3.63) is 29.6 Å². The topological polar surface area (TPSA) is 49.4 Å². The molecule has 1 unspecified atom stereocenters. The highest BCUT2D eigenvalue weighted by Gasteiger charge is 2.21. The van der Waals surface area contributed by atoms with Crippen molar-refractivity contribution < 1.29 is 12.8 Å². The van der Waals surface area contributed by atoms with E-state index in [0.717, 1.165) is 13.1 Å². The maximum atomic E-state index is 13.1. The zero-order valence-electron chi connectivity index (χ0n) is 12.6. The Hall–Kier alpha value is -0.980. The van der Waals surface area contributed by atoms with Crippen LogP contribution in [0, 0.1) is 12.7 Å². The fraction of sp³-hybridized carbons (Fsp3) is 0.600. The standard InChI is InChI=1S/C15H23FN2O2S/c1-12-10-14(16)6-7-15(12)21(19,20)17-11-13(2)18-8-4-3-5-9-18/h6-7,10,13,17H,3-5,8-9,11H2,1-2H3. The Morgan fingerprint density at radius 1 is 1.29 bits per heavy atom. The van der Waals surface area contributed by atoms with E-state index in [0.29, 0.717) is 12.1 Å². The molecule has 0 aliphatic carbocycles. The molecule has 2 rings (SSSR count). The summed E-state index contributed by atoms with van der Waals surface area (Å²) in [6, 6.07) is 3.90. The Balaban J connectivity index is 2.00. The van der Waals surface area contributed by atoms with Crippen molar-refractivity contribution in [2.24, 2.45) is 0 Å². The van der Waals surface area contributed by atoms with Crippen molar-refractivity contribution in [1.29, 1.82) is 0 Å². The SMILES string of the molecule is Cc1cc(F)ccc1S(=O)(=O)NCC(C)N1CCCCC1. The van der Waals surface area contributed by atoms with Gasteiger partial charge in [-0.3, -0.25) is 4.90 Å². The van der Waals surface area contributed by atoms with Gasteiger partial charge in [-0.05, 0) is 63.5 Å². The Bertz CT molecular complexity index is 583. The molecule has 4 nitrogen and oxygen atoms in total. The van der Waals surface area contributed by atoms with Crippen molar-refractivity contribution in [2.45, 2.75) is 44.0 Å². The number of hydrogen-bond acceptors (Lipinski definition) is 3. The molecular formula is C15H23FN2O2S. The number of piperidine rings is 1. The van der Waals surface area contributed by atoms with E-state index in [4.69, 9.17) is 0 Å². The Morgan fingerprint density at radius 3 is 2.57 bits per heavy atom. The second-order valence-corrected chi connectivity index (χ2v) is 7.44. The number of aryl methyl sites for hydroxylation is 1. The lowest BCUT2D eigenvalue weighted by Gasteiger charge is -2.32. The van der Waals surface area contributed by atoms with Crippen molar-refractivity contribution in [3.63, 3.8) is 0 Å². The molecule has 1 atom stereocenters. The summed E-state index contributed by atoms with van der Waals surface area (Å²) in [4.78, 5) is 2.46. The maximum Gasteiger partial charge on any atom is 0.240 e. The lowest BCUT2D eigenvalue weighted by molar-refractivity contribution is 0.175. The second-order valence-electron chi connectivity index (χ2n) is 5.71. The molecule has 1 heterocycles. The zero-order valence-corrected chi connectivity index (χ0v) is 13.4. The van der Waals surface area contributed by atoms with Crippen LogP contribution >= 0.6 is 0 Å². The van der Waals surface area contributed by atoms with Crippen LogP contribution in [0.4, 0.5) is 4.39 Å². The van der Waals surface area contributed by atoms with E-state index in [1.165, 1.54) is 37.5 Å². The minimum absolute atomic E-state index is 0.148. The van der Waals surface area contributed by atoms with Gasteiger partial charge in [-0.15, -0.1) is 0 Å². The van der Waals surface area contributed by atoms with Gasteiger partial charge in [0, 0.05) is 12.6 Å². The molecule has 1 N–H and O–H groups in total. The van der Waals surface area contributed by atoms with Gasteiger partial charge in [-0.2, -0.15) is 0 Å². The summed E-state index contributed by atoms with van der Waals surface area (Å²) in [6.45, 7) is 6.06. The summed E-state index contributed by atoms with van der Waals surface area (Å²) >= 11 is 0. The average Bonchev–Trinajstić information content (AvgIpc) is 2.45. The molecule has 1 fully saturated rings. The van der Waals surface area contributed by atoms with Gasteiger partial charge < -0.3 is 0 Å². The molecule has 0 bridgehead atoms. The third-order valence-corrected chi connectivity index (χ3v) is 5.59. The molecule has 1 aromatic rings. The number of nitrogens with one attached hydrogen (secondary N) is 1. The van der Waals surface area contributed by atoms with Gasteiger partial charge in [0.05, 0.1) is 4.90 Å². The van der Waals surface area contributed by atoms with Crippen LogP contribution in [0.25, 0.3) is 0 Å². The van der Waals surface area contributed by atoms with Crippen molar-refractivity contribution >= 4 is 10.0 Å². The molecule has 0 aromatic heterocycles. The quantitative estimate of drug-likeness (QED) is 0.907. The Labute approximate surface area is 126 Å². The number of halogens is 1. The number of sulfonamides is 1. The number of benzene rings is 1. The number of likely N-dealkylation sites (tertiary alicyclic amines) is 1. The molecule has 21 heavy (non-hydrogen) atoms. The van der Waals surface area contributed by atoms with Crippen molar-refractivity contribution in [2.75, 3.05) is 19.6 Å². The van der Waals surface area contributed by atoms with Gasteiger partial charge in [0.1, 0.15) is 5.82 Å². The van der Waals surface area contributed by atoms with Crippen LogP contribution in [-0.2, 0) is 10.0 Å². The normalized spacial score (nSPS) is 18.6. The predicted octanol–water partition coefficient (Wildman–Crippen LogP) is 2.29. The lowest BCUT2D eigenvalue weighted by atomic mass is 10.1. The average molecular weight is 314 g/mol. The third kappa shape index (κ3) is 4.25. The van der Waals surface area contributed by atoms with Gasteiger partial charge in [-0.25, -0.2) is 17.5 Å². The van der Waals surface area contributed by atoms with Gasteiger partial charge in [0.15, 0.2) is 0 Å². The molecule has 1 aromatic carbocycles. The van der Waals surface area contributed by atoms with Crippen molar-refractivity contribution in [3.8, 4) is 0 Å². The summed E-state index contributed by atoms with van der Waals surface area (Å²) < 4.78 is 40.3. The first-order valence-electron chi connectivity index (χ1n) is 7.40. The first-order chi connectivity index (χ1) is 9.90. The molecule has 1 aliphatic rings. The van der Waals surface area contributed by atoms with Crippen LogP contribution in [0.3, 0.4) is 0 Å². The number of nitrogens with zero attached hydrogens (tertiary/aromatic N) is 1. The molecule has 0 saturated carbocycles. The lowest BCUT2D eigenvalue weighted by Crippen LogP contribution is -2.44. The number of hydrogen-bond donors (Lipinski definition) is 1. The molecule has 1 aliphatic heterocycles. The highest BCUT2D eigenvalue weighted by atomic mass is 32.2. The molecule has 118 valence electrons. The highest BCUT2D eigenvalue weighted by Crippen LogP contribution is 2.17. The monoisotopic (exact) mass is 314 g/mol. The Morgan fingerprint density at radius 2 is 1.95 bits per heavy atom. The van der Waals surface area contributed by atoms with E-state index in [2.05, 4.69) is 9.62 Å². The maximum absolute atomic E-state index is 13.1. The van der Waals surface area contributed by atoms with E-state index >= 15 is 0 Å². The van der Waals surface area contributed by atoms with Crippen LogP contribution in [-0.4, -0.2) is 39.0 Å². The predicted molar refractivity (Wildman–Crippen MR) is 81.2 cm³/mol. The molecule has 6 heteroatoms. The van der Waals surface area contributed by atoms with E-state index < -0.39 is 15.8 Å². The zero-order chi connectivity index (χ0) is 15.5. The minimum atomic E-state index is -3.58. The van der Waals surface area contributed by atoms with Gasteiger partial charge >= 0.3 is 0 Å². The fourth-order valence-corrected chi connectivity index (χ4v) is 4.06. The summed E-state index contributed by atoms with van der Waals surface area (Å²) in [5.41, 5.74) is 0.424. The Kier molecular flexibility index (Phi) is 5.35. The van der Waals surface area contributed by atoms with E-state index in [9.17, 15) is 12.8 Å². The van der Waals surface area contributed by atoms with Gasteiger partial charge in [0.2, 0.25) is 10.0 Å². The first-order valence-corrected chi connectivity index (χ1v) is 8.88. The smallest absolute Gasteiger partial charge is 0.240 e. The summed E-state index contributed by atoms with van der Waals surface area (Å²) in [5.74, 6) is -0.423. The molecular weight excluding hydrogens is 291 g/mol. The first kappa shape index (κ1) is 16.4.